The number of amides is 1. The van der Waals surface area contributed by atoms with Gasteiger partial charge in [0.2, 0.25) is 0 Å². The first-order valence-corrected chi connectivity index (χ1v) is 10.5. The minimum absolute atomic E-state index is 0.0477. The van der Waals surface area contributed by atoms with Crippen LogP contribution in [0.3, 0.4) is 0 Å². The van der Waals surface area contributed by atoms with E-state index in [4.69, 9.17) is 11.6 Å². The van der Waals surface area contributed by atoms with Crippen molar-refractivity contribution in [2.24, 2.45) is 0 Å². The van der Waals surface area contributed by atoms with Crippen molar-refractivity contribution in [2.75, 3.05) is 26.2 Å². The van der Waals surface area contributed by atoms with Crippen molar-refractivity contribution >= 4 is 17.5 Å². The summed E-state index contributed by atoms with van der Waals surface area (Å²) in [6.07, 6.45) is 0. The van der Waals surface area contributed by atoms with Crippen LogP contribution in [0.5, 0.6) is 0 Å². The first-order chi connectivity index (χ1) is 14.5. The van der Waals surface area contributed by atoms with Crippen LogP contribution in [0.4, 0.5) is 0 Å². The predicted molar refractivity (Wildman–Crippen MR) is 116 cm³/mol. The molecule has 156 valence electrons. The van der Waals surface area contributed by atoms with Crippen LogP contribution in [0.25, 0.3) is 11.4 Å². The Morgan fingerprint density at radius 3 is 2.50 bits per heavy atom. The highest BCUT2D eigenvalue weighted by Crippen LogP contribution is 2.21. The molecule has 0 atom stereocenters. The monoisotopic (exact) mass is 424 g/mol. The Bertz CT molecular complexity index is 1010. The fraction of sp³-hybridized carbons (Fsp3) is 0.364. The molecule has 1 aliphatic heterocycles. The summed E-state index contributed by atoms with van der Waals surface area (Å²) in [6, 6.07) is 15.6. The quantitative estimate of drug-likeness (QED) is 0.626. The summed E-state index contributed by atoms with van der Waals surface area (Å²) in [5, 5.41) is 12.7. The molecule has 0 unspecified atom stereocenters. The van der Waals surface area contributed by atoms with E-state index >= 15 is 0 Å². The second-order valence-corrected chi connectivity index (χ2v) is 8.25. The molecule has 0 saturated carbocycles. The molecule has 4 rings (SSSR count). The number of hydrogen-bond acceptors (Lipinski definition) is 5. The van der Waals surface area contributed by atoms with E-state index in [1.165, 1.54) is 5.56 Å². The molecule has 0 N–H and O–H groups in total. The third-order valence-electron chi connectivity index (χ3n) is 5.33. The SMILES string of the molecule is CC(C)n1nnnc1-c1cccc(C(=O)N2CCN(Cc3ccc(Cl)cc3)CC2)c1. The van der Waals surface area contributed by atoms with Crippen molar-refractivity contribution in [3.8, 4) is 11.4 Å². The maximum Gasteiger partial charge on any atom is 0.253 e. The van der Waals surface area contributed by atoms with E-state index in [0.717, 1.165) is 30.2 Å². The average Bonchev–Trinajstić information content (AvgIpc) is 3.26. The number of rotatable bonds is 5. The smallest absolute Gasteiger partial charge is 0.253 e. The normalized spacial score (nSPS) is 15.0. The van der Waals surface area contributed by atoms with E-state index in [1.54, 1.807) is 4.68 Å². The van der Waals surface area contributed by atoms with Gasteiger partial charge in [0.15, 0.2) is 5.82 Å². The molecule has 0 radical (unpaired) electrons. The minimum atomic E-state index is 0.0477. The molecule has 1 saturated heterocycles. The van der Waals surface area contributed by atoms with E-state index in [2.05, 4.69) is 32.6 Å². The van der Waals surface area contributed by atoms with Gasteiger partial charge < -0.3 is 4.90 Å². The standard InChI is InChI=1S/C22H25ClN6O/c1-16(2)29-21(24-25-26-29)18-4-3-5-19(14-18)22(30)28-12-10-27(11-13-28)15-17-6-8-20(23)9-7-17/h3-9,14,16H,10-13,15H2,1-2H3. The summed E-state index contributed by atoms with van der Waals surface area (Å²) in [6.45, 7) is 8.03. The van der Waals surface area contributed by atoms with Crippen LogP contribution >= 0.6 is 11.6 Å². The molecule has 1 aromatic heterocycles. The molecule has 7 nitrogen and oxygen atoms in total. The van der Waals surface area contributed by atoms with E-state index in [-0.39, 0.29) is 11.9 Å². The van der Waals surface area contributed by atoms with Gasteiger partial charge in [0, 0.05) is 48.9 Å². The van der Waals surface area contributed by atoms with Gasteiger partial charge in [-0.25, -0.2) is 4.68 Å². The third kappa shape index (κ3) is 4.52. The van der Waals surface area contributed by atoms with E-state index < -0.39 is 0 Å². The molecular weight excluding hydrogens is 400 g/mol. The number of carbonyl (C=O) groups is 1. The maximum atomic E-state index is 13.1. The summed E-state index contributed by atoms with van der Waals surface area (Å²) < 4.78 is 1.76. The molecule has 8 heteroatoms. The second-order valence-electron chi connectivity index (χ2n) is 7.82. The van der Waals surface area contributed by atoms with Gasteiger partial charge in [-0.1, -0.05) is 35.9 Å². The molecule has 0 aliphatic carbocycles. The number of nitrogens with zero attached hydrogens (tertiary/aromatic N) is 6. The Kier molecular flexibility index (Phi) is 6.11. The first kappa shape index (κ1) is 20.5. The Morgan fingerprint density at radius 2 is 1.80 bits per heavy atom. The van der Waals surface area contributed by atoms with Gasteiger partial charge in [-0.2, -0.15) is 0 Å². The highest BCUT2D eigenvalue weighted by Gasteiger charge is 2.23. The lowest BCUT2D eigenvalue weighted by Crippen LogP contribution is -2.48. The molecule has 0 spiro atoms. The van der Waals surface area contributed by atoms with Crippen molar-refractivity contribution in [2.45, 2.75) is 26.4 Å². The summed E-state index contributed by atoms with van der Waals surface area (Å²) in [5.74, 6) is 0.721. The number of halogens is 1. The third-order valence-corrected chi connectivity index (χ3v) is 5.58. The number of aromatic nitrogens is 4. The van der Waals surface area contributed by atoms with Crippen LogP contribution in [0.2, 0.25) is 5.02 Å². The molecule has 2 heterocycles. The molecule has 1 fully saturated rings. The largest absolute Gasteiger partial charge is 0.336 e. The zero-order valence-corrected chi connectivity index (χ0v) is 18.0. The van der Waals surface area contributed by atoms with E-state index in [0.29, 0.717) is 24.5 Å². The molecule has 1 amide bonds. The lowest BCUT2D eigenvalue weighted by Gasteiger charge is -2.34. The lowest BCUT2D eigenvalue weighted by molar-refractivity contribution is 0.0628. The van der Waals surface area contributed by atoms with Crippen LogP contribution in [0.1, 0.15) is 35.8 Å². The van der Waals surface area contributed by atoms with Gasteiger partial charge in [-0.15, -0.1) is 5.10 Å². The summed E-state index contributed by atoms with van der Waals surface area (Å²) >= 11 is 5.96. The Labute approximate surface area is 181 Å². The molecule has 2 aromatic carbocycles. The average molecular weight is 425 g/mol. The zero-order valence-electron chi connectivity index (χ0n) is 17.2. The van der Waals surface area contributed by atoms with Crippen molar-refractivity contribution in [3.63, 3.8) is 0 Å². The Morgan fingerprint density at radius 1 is 1.07 bits per heavy atom. The second kappa shape index (κ2) is 8.93. The fourth-order valence-electron chi connectivity index (χ4n) is 3.66. The van der Waals surface area contributed by atoms with E-state index in [9.17, 15) is 4.79 Å². The number of piperazine rings is 1. The summed E-state index contributed by atoms with van der Waals surface area (Å²) in [7, 11) is 0. The number of carbonyl (C=O) groups excluding carboxylic acids is 1. The zero-order chi connectivity index (χ0) is 21.1. The topological polar surface area (TPSA) is 67.2 Å². The summed E-state index contributed by atoms with van der Waals surface area (Å²) in [4.78, 5) is 17.4. The highest BCUT2D eigenvalue weighted by molar-refractivity contribution is 6.30. The van der Waals surface area contributed by atoms with Gasteiger partial charge in [0.1, 0.15) is 0 Å². The molecular formula is C22H25ClN6O. The fourth-order valence-corrected chi connectivity index (χ4v) is 3.79. The van der Waals surface area contributed by atoms with Crippen LogP contribution in [-0.2, 0) is 6.54 Å². The van der Waals surface area contributed by atoms with Crippen LogP contribution < -0.4 is 0 Å². The van der Waals surface area contributed by atoms with Crippen molar-refractivity contribution in [3.05, 3.63) is 64.7 Å². The van der Waals surface area contributed by atoms with Gasteiger partial charge in [0.05, 0.1) is 6.04 Å². The maximum absolute atomic E-state index is 13.1. The van der Waals surface area contributed by atoms with E-state index in [1.807, 2.05) is 55.1 Å². The molecule has 0 bridgehead atoms. The van der Waals surface area contributed by atoms with Gasteiger partial charge in [-0.05, 0) is 54.1 Å². The van der Waals surface area contributed by atoms with Gasteiger partial charge in [0.25, 0.3) is 5.91 Å². The molecule has 1 aliphatic rings. The lowest BCUT2D eigenvalue weighted by atomic mass is 10.1. The Balaban J connectivity index is 1.41. The highest BCUT2D eigenvalue weighted by atomic mass is 35.5. The number of tetrazole rings is 1. The van der Waals surface area contributed by atoms with Crippen molar-refractivity contribution in [1.82, 2.24) is 30.0 Å². The summed E-state index contributed by atoms with van der Waals surface area (Å²) in [5.41, 5.74) is 2.74. The minimum Gasteiger partial charge on any atom is -0.336 e. The molecule has 3 aromatic rings. The number of benzene rings is 2. The first-order valence-electron chi connectivity index (χ1n) is 10.2. The van der Waals surface area contributed by atoms with Crippen LogP contribution in [0, 0.1) is 0 Å². The number of hydrogen-bond donors (Lipinski definition) is 0. The predicted octanol–water partition coefficient (Wildman–Crippen LogP) is 3.53. The molecule has 30 heavy (non-hydrogen) atoms. The van der Waals surface area contributed by atoms with Gasteiger partial charge >= 0.3 is 0 Å². The van der Waals surface area contributed by atoms with Crippen LogP contribution in [-0.4, -0.2) is 62.1 Å². The van der Waals surface area contributed by atoms with Crippen molar-refractivity contribution in [1.29, 1.82) is 0 Å². The van der Waals surface area contributed by atoms with Gasteiger partial charge in [-0.3, -0.25) is 9.69 Å². The Hall–Kier alpha value is -2.77. The van der Waals surface area contributed by atoms with Crippen molar-refractivity contribution < 1.29 is 4.79 Å². The van der Waals surface area contributed by atoms with Crippen LogP contribution in [0.15, 0.2) is 48.5 Å².